The minimum Gasteiger partial charge on any atom is -0.456 e. The SMILES string of the molecule is c1ccc(-c2ccc(N(c3cccc(-c4ccccc4-n4c5cc(-c6ccccc6)ccc5c5ccc(-c6ccccc6)cc54)c3)c3ccc4oc5ccccc5c4c3)cc2)cc1. The van der Waals surface area contributed by atoms with Gasteiger partial charge in [-0.2, -0.15) is 0 Å². The predicted octanol–water partition coefficient (Wildman–Crippen LogP) is 16.8. The van der Waals surface area contributed by atoms with Crippen LogP contribution in [-0.2, 0) is 0 Å². The number of rotatable bonds is 8. The summed E-state index contributed by atoms with van der Waals surface area (Å²) in [5.41, 5.74) is 17.8. The Kier molecular flexibility index (Phi) is 8.83. The lowest BCUT2D eigenvalue weighted by Gasteiger charge is -2.26. The van der Waals surface area contributed by atoms with Gasteiger partial charge in [-0.3, -0.25) is 0 Å². The maximum atomic E-state index is 6.29. The molecule has 2 heterocycles. The largest absolute Gasteiger partial charge is 0.456 e. The summed E-state index contributed by atoms with van der Waals surface area (Å²) >= 11 is 0. The number of para-hydroxylation sites is 2. The van der Waals surface area contributed by atoms with Crippen LogP contribution in [0.5, 0.6) is 0 Å². The molecule has 0 saturated carbocycles. The molecule has 0 N–H and O–H groups in total. The number of aromatic nitrogens is 1. The van der Waals surface area contributed by atoms with Crippen molar-refractivity contribution in [2.45, 2.75) is 0 Å². The topological polar surface area (TPSA) is 21.3 Å². The molecular weight excluding hydrogens is 765 g/mol. The standard InChI is InChI=1S/C60H40N2O/c1-4-15-41(16-5-1)44-27-31-48(32-28-44)61(50-33-36-60-55(40-50)54-24-11-13-26-59(54)63-60)49-22-14-21-47(37-49)51-23-10-12-25-56(51)62-57-38-45(42-17-6-2-7-18-42)29-34-52(57)53-35-30-46(39-58(53)62)43-19-8-3-9-20-43/h1-40H. The van der Waals surface area contributed by atoms with Gasteiger partial charge in [0.2, 0.25) is 0 Å². The van der Waals surface area contributed by atoms with Crippen LogP contribution in [0, 0.1) is 0 Å². The number of fused-ring (bicyclic) bond motifs is 6. The fraction of sp³-hybridized carbons (Fsp3) is 0. The number of furan rings is 1. The van der Waals surface area contributed by atoms with Gasteiger partial charge in [-0.1, -0.05) is 176 Å². The first-order chi connectivity index (χ1) is 31.2. The number of hydrogen-bond donors (Lipinski definition) is 0. The first-order valence-electron chi connectivity index (χ1n) is 21.5. The summed E-state index contributed by atoms with van der Waals surface area (Å²) in [6.45, 7) is 0. The molecule has 0 spiro atoms. The summed E-state index contributed by atoms with van der Waals surface area (Å²) in [6.07, 6.45) is 0. The van der Waals surface area contributed by atoms with E-state index >= 15 is 0 Å². The predicted molar refractivity (Wildman–Crippen MR) is 264 cm³/mol. The number of hydrogen-bond acceptors (Lipinski definition) is 2. The summed E-state index contributed by atoms with van der Waals surface area (Å²) in [6, 6.07) is 87.3. The van der Waals surface area contributed by atoms with Crippen LogP contribution in [0.3, 0.4) is 0 Å². The third-order valence-electron chi connectivity index (χ3n) is 12.4. The van der Waals surface area contributed by atoms with E-state index in [0.717, 1.165) is 55.8 Å². The first kappa shape index (κ1) is 36.5. The van der Waals surface area contributed by atoms with E-state index < -0.39 is 0 Å². The van der Waals surface area contributed by atoms with Gasteiger partial charge in [-0.15, -0.1) is 0 Å². The van der Waals surface area contributed by atoms with E-state index in [1.807, 2.05) is 12.1 Å². The van der Waals surface area contributed by atoms with Crippen LogP contribution < -0.4 is 4.90 Å². The summed E-state index contributed by atoms with van der Waals surface area (Å²) < 4.78 is 8.77. The second kappa shape index (κ2) is 15.3. The molecule has 0 aliphatic rings. The Hall–Kier alpha value is -8.40. The zero-order valence-corrected chi connectivity index (χ0v) is 34.4. The van der Waals surface area contributed by atoms with Crippen molar-refractivity contribution in [3.8, 4) is 50.2 Å². The molecule has 2 aromatic heterocycles. The van der Waals surface area contributed by atoms with Crippen LogP contribution in [0.4, 0.5) is 17.1 Å². The molecule has 0 unspecified atom stereocenters. The van der Waals surface area contributed by atoms with Crippen molar-refractivity contribution in [3.63, 3.8) is 0 Å². The van der Waals surface area contributed by atoms with Crippen molar-refractivity contribution in [1.82, 2.24) is 4.57 Å². The maximum Gasteiger partial charge on any atom is 0.135 e. The molecule has 3 heteroatoms. The molecular formula is C60H40N2O. The Bertz CT molecular complexity index is 3510. The molecule has 0 saturated heterocycles. The van der Waals surface area contributed by atoms with Crippen LogP contribution in [0.2, 0.25) is 0 Å². The van der Waals surface area contributed by atoms with Gasteiger partial charge in [0.15, 0.2) is 0 Å². The molecule has 12 aromatic rings. The quantitative estimate of drug-likeness (QED) is 0.153. The van der Waals surface area contributed by atoms with Crippen LogP contribution in [0.25, 0.3) is 93.9 Å². The van der Waals surface area contributed by atoms with E-state index in [9.17, 15) is 0 Å². The third-order valence-corrected chi connectivity index (χ3v) is 12.4. The van der Waals surface area contributed by atoms with Crippen LogP contribution >= 0.6 is 0 Å². The fourth-order valence-corrected chi connectivity index (χ4v) is 9.36. The lowest BCUT2D eigenvalue weighted by molar-refractivity contribution is 0.669. The monoisotopic (exact) mass is 804 g/mol. The fourth-order valence-electron chi connectivity index (χ4n) is 9.36. The van der Waals surface area contributed by atoms with Gasteiger partial charge < -0.3 is 13.9 Å². The summed E-state index contributed by atoms with van der Waals surface area (Å²) in [4.78, 5) is 2.36. The van der Waals surface area contributed by atoms with Crippen molar-refractivity contribution in [2.75, 3.05) is 4.90 Å². The van der Waals surface area contributed by atoms with Gasteiger partial charge in [-0.25, -0.2) is 0 Å². The molecule has 0 aliphatic carbocycles. The van der Waals surface area contributed by atoms with Gasteiger partial charge in [0, 0.05) is 44.2 Å². The van der Waals surface area contributed by atoms with Crippen molar-refractivity contribution in [2.24, 2.45) is 0 Å². The Morgan fingerprint density at radius 2 is 0.778 bits per heavy atom. The maximum absolute atomic E-state index is 6.29. The number of anilines is 3. The number of benzene rings is 10. The summed E-state index contributed by atoms with van der Waals surface area (Å²) in [5, 5.41) is 4.64. The number of nitrogens with zero attached hydrogens (tertiary/aromatic N) is 2. The molecule has 0 atom stereocenters. The average Bonchev–Trinajstić information content (AvgIpc) is 3.90. The highest BCUT2D eigenvalue weighted by molar-refractivity contribution is 6.12. The van der Waals surface area contributed by atoms with E-state index in [4.69, 9.17) is 4.42 Å². The van der Waals surface area contributed by atoms with Gasteiger partial charge >= 0.3 is 0 Å². The lowest BCUT2D eigenvalue weighted by Crippen LogP contribution is -2.10. The molecule has 0 bridgehead atoms. The molecule has 63 heavy (non-hydrogen) atoms. The van der Waals surface area contributed by atoms with Crippen LogP contribution in [-0.4, -0.2) is 4.57 Å². The normalized spacial score (nSPS) is 11.5. The Balaban J connectivity index is 1.05. The average molecular weight is 805 g/mol. The van der Waals surface area contributed by atoms with E-state index in [0.29, 0.717) is 0 Å². The Labute approximate surface area is 366 Å². The Morgan fingerprint density at radius 3 is 1.44 bits per heavy atom. The van der Waals surface area contributed by atoms with Crippen LogP contribution in [0.15, 0.2) is 247 Å². The smallest absolute Gasteiger partial charge is 0.135 e. The lowest BCUT2D eigenvalue weighted by atomic mass is 10.0. The van der Waals surface area contributed by atoms with E-state index in [1.165, 1.54) is 55.2 Å². The molecule has 0 amide bonds. The first-order valence-corrected chi connectivity index (χ1v) is 21.5. The minimum absolute atomic E-state index is 0.874. The second-order valence-corrected chi connectivity index (χ2v) is 16.1. The van der Waals surface area contributed by atoms with Crippen molar-refractivity contribution < 1.29 is 4.42 Å². The van der Waals surface area contributed by atoms with Crippen molar-refractivity contribution in [3.05, 3.63) is 243 Å². The van der Waals surface area contributed by atoms with Gasteiger partial charge in [0.1, 0.15) is 11.2 Å². The second-order valence-electron chi connectivity index (χ2n) is 16.1. The van der Waals surface area contributed by atoms with Crippen molar-refractivity contribution in [1.29, 1.82) is 0 Å². The zero-order chi connectivity index (χ0) is 41.7. The summed E-state index contributed by atoms with van der Waals surface area (Å²) in [5.74, 6) is 0. The molecule has 0 aliphatic heterocycles. The van der Waals surface area contributed by atoms with Gasteiger partial charge in [0.05, 0.1) is 16.7 Å². The minimum atomic E-state index is 0.874. The third kappa shape index (κ3) is 6.46. The highest BCUT2D eigenvalue weighted by Gasteiger charge is 2.20. The van der Waals surface area contributed by atoms with Gasteiger partial charge in [-0.05, 0) is 106 Å². The molecule has 0 radical (unpaired) electrons. The molecule has 0 fully saturated rings. The highest BCUT2D eigenvalue weighted by atomic mass is 16.3. The Morgan fingerprint density at radius 1 is 0.286 bits per heavy atom. The van der Waals surface area contributed by atoms with E-state index in [-0.39, 0.29) is 0 Å². The molecule has 296 valence electrons. The molecule has 10 aromatic carbocycles. The van der Waals surface area contributed by atoms with E-state index in [1.54, 1.807) is 0 Å². The van der Waals surface area contributed by atoms with Crippen molar-refractivity contribution >= 4 is 60.8 Å². The zero-order valence-electron chi connectivity index (χ0n) is 34.4. The molecule has 3 nitrogen and oxygen atoms in total. The van der Waals surface area contributed by atoms with Crippen LogP contribution in [0.1, 0.15) is 0 Å². The van der Waals surface area contributed by atoms with Gasteiger partial charge in [0.25, 0.3) is 0 Å². The summed E-state index contributed by atoms with van der Waals surface area (Å²) in [7, 11) is 0. The highest BCUT2D eigenvalue weighted by Crippen LogP contribution is 2.43. The molecule has 12 rings (SSSR count). The van der Waals surface area contributed by atoms with E-state index in [2.05, 4.69) is 240 Å².